The maximum atomic E-state index is 16.4. The lowest BCUT2D eigenvalue weighted by Gasteiger charge is -2.38. The van der Waals surface area contributed by atoms with Gasteiger partial charge in [0.2, 0.25) is 0 Å². The fraction of sp³-hybridized carbons (Fsp3) is 0. The number of anilines is 6. The van der Waals surface area contributed by atoms with Crippen molar-refractivity contribution in [2.75, 3.05) is 9.80 Å². The third-order valence-electron chi connectivity index (χ3n) is 19.4. The Bertz CT molecular complexity index is 6320. The van der Waals surface area contributed by atoms with Crippen molar-refractivity contribution in [3.05, 3.63) is 352 Å². The Morgan fingerprint density at radius 1 is 0.250 bits per heavy atom. The molecule has 6 heterocycles. The van der Waals surface area contributed by atoms with Crippen LogP contribution in [-0.4, -0.2) is 29.9 Å². The van der Waals surface area contributed by atoms with Gasteiger partial charge in [-0.1, -0.05) is 261 Å². The summed E-state index contributed by atoms with van der Waals surface area (Å²) in [4.78, 5) is 34.2. The maximum Gasteiger partial charge on any atom is 0.175 e. The molecule has 0 saturated carbocycles. The van der Waals surface area contributed by atoms with Gasteiger partial charge in [0.15, 0.2) is 49.2 Å². The number of para-hydroxylation sites is 4. The first-order valence-electron chi connectivity index (χ1n) is 34.3. The molecule has 104 heavy (non-hydrogen) atoms. The molecule has 11 nitrogen and oxygen atoms in total. The predicted octanol–water partition coefficient (Wildman–Crippen LogP) is 20.9. The van der Waals surface area contributed by atoms with Gasteiger partial charge >= 0.3 is 0 Å². The first-order valence-corrected chi connectivity index (χ1v) is 38.5. The van der Waals surface area contributed by atoms with Crippen LogP contribution in [-0.2, 0) is 9.13 Å². The summed E-state index contributed by atoms with van der Waals surface area (Å²) < 4.78 is 40.8. The molecule has 0 aliphatic carbocycles. The summed E-state index contributed by atoms with van der Waals surface area (Å²) in [6.45, 7) is 0. The van der Waals surface area contributed by atoms with Crippen molar-refractivity contribution in [1.82, 2.24) is 29.9 Å². The summed E-state index contributed by atoms with van der Waals surface area (Å²) in [6.07, 6.45) is 0. The van der Waals surface area contributed by atoms with Gasteiger partial charge in [0.05, 0.1) is 22.7 Å². The molecule has 0 N–H and O–H groups in total. The van der Waals surface area contributed by atoms with Gasteiger partial charge in [-0.05, 0) is 91.0 Å². The fourth-order valence-electron chi connectivity index (χ4n) is 14.5. The van der Waals surface area contributed by atoms with E-state index in [0.717, 1.165) is 125 Å². The average molecular weight is 1390 g/mol. The van der Waals surface area contributed by atoms with Crippen LogP contribution >= 0.6 is 25.6 Å². The number of hydrogen-bond donors (Lipinski definition) is 0. The number of aromatic nitrogens is 6. The lowest BCUT2D eigenvalue weighted by molar-refractivity contribution is 0.591. The van der Waals surface area contributed by atoms with Crippen molar-refractivity contribution < 1.29 is 13.5 Å². The summed E-state index contributed by atoms with van der Waals surface area (Å²) in [7, 11) is -6.75. The van der Waals surface area contributed by atoms with E-state index in [-0.39, 0.29) is 0 Å². The number of benzene rings is 14. The smallest absolute Gasteiger partial charge is 0.175 e. The minimum absolute atomic E-state index is 0.500. The van der Waals surface area contributed by atoms with Crippen LogP contribution in [0.3, 0.4) is 0 Å². The highest BCUT2D eigenvalue weighted by atomic mass is 32.1. The molecule has 0 spiro atoms. The van der Waals surface area contributed by atoms with Crippen LogP contribution in [0.25, 0.3) is 110 Å². The molecule has 2 aliphatic heterocycles. The number of furan rings is 1. The fourth-order valence-corrected chi connectivity index (χ4v) is 21.8. The molecule has 2 aliphatic rings. The molecule has 0 amide bonds. The third-order valence-corrected chi connectivity index (χ3v) is 26.7. The van der Waals surface area contributed by atoms with Gasteiger partial charge in [-0.25, -0.2) is 29.9 Å². The first-order chi connectivity index (χ1) is 51.3. The van der Waals surface area contributed by atoms with Crippen molar-refractivity contribution in [2.45, 2.75) is 0 Å². The molecule has 4 aromatic heterocycles. The van der Waals surface area contributed by atoms with E-state index in [1.54, 1.807) is 11.3 Å². The summed E-state index contributed by atoms with van der Waals surface area (Å²) in [6, 6.07) is 118. The zero-order chi connectivity index (χ0) is 69.3. The van der Waals surface area contributed by atoms with Crippen LogP contribution in [0.15, 0.2) is 356 Å². The Labute approximate surface area is 603 Å². The van der Waals surface area contributed by atoms with Gasteiger partial charge in [0.25, 0.3) is 0 Å². The molecule has 2 unspecified atom stereocenters. The van der Waals surface area contributed by atoms with Crippen LogP contribution in [0.2, 0.25) is 0 Å². The Morgan fingerprint density at radius 3 is 1.12 bits per heavy atom. The lowest BCUT2D eigenvalue weighted by Crippen LogP contribution is -2.36. The number of fused-ring (bicyclic) bond motifs is 10. The van der Waals surface area contributed by atoms with E-state index < -0.39 is 14.3 Å². The maximum absolute atomic E-state index is 16.4. The predicted molar refractivity (Wildman–Crippen MR) is 428 cm³/mol. The number of thiophene rings is 1. The zero-order valence-electron chi connectivity index (χ0n) is 55.6. The minimum Gasteiger partial charge on any atom is -0.456 e. The molecule has 0 bridgehead atoms. The van der Waals surface area contributed by atoms with Crippen molar-refractivity contribution >= 4 is 134 Å². The summed E-state index contributed by atoms with van der Waals surface area (Å²) in [5.41, 5.74) is 12.3. The molecule has 0 radical (unpaired) electrons. The van der Waals surface area contributed by atoms with Crippen molar-refractivity contribution in [2.24, 2.45) is 0 Å². The normalized spacial score (nSPS) is 15.0. The minimum atomic E-state index is -3.51. The highest BCUT2D eigenvalue weighted by Crippen LogP contribution is 2.58. The topological polar surface area (TPSA) is 131 Å². The first kappa shape index (κ1) is 62.2. The molecule has 20 rings (SSSR count). The van der Waals surface area contributed by atoms with Crippen molar-refractivity contribution in [3.63, 3.8) is 0 Å². The van der Waals surface area contributed by atoms with E-state index in [9.17, 15) is 0 Å². The van der Waals surface area contributed by atoms with E-state index in [1.165, 1.54) is 0 Å². The molecule has 492 valence electrons. The molecule has 0 fully saturated rings. The standard InChI is InChI=1S/C45H29N4O2P.C45H29N4OPS/c50-52(34-21-11-4-12-22-34)41-27-32(45-47-43(30-15-5-1-6-16-30)46-44(48-45)31-17-7-2-8-18-31)25-26-37(41)49(33-19-9-3-10-20-33)38-28-36-35-23-13-14-24-39(35)51-40(36)29-42(38)52;50-51(34-21-11-4-12-22-34)39-24-14-13-23-37(39)49(33-19-9-3-10-20-33)38-28-36-35-26-25-32(27-41(35)52-42(36)29-40(38)51)45-47-43(30-15-5-1-6-16-30)46-44(48-45)31-17-7-2-8-18-31/h2*1-29H. The van der Waals surface area contributed by atoms with Gasteiger partial charge in [-0.3, -0.25) is 0 Å². The van der Waals surface area contributed by atoms with Crippen LogP contribution < -0.4 is 41.6 Å². The van der Waals surface area contributed by atoms with Crippen LogP contribution in [0.1, 0.15) is 0 Å². The van der Waals surface area contributed by atoms with Gasteiger partial charge in [0, 0.05) is 108 Å². The van der Waals surface area contributed by atoms with Gasteiger partial charge < -0.3 is 23.3 Å². The lowest BCUT2D eigenvalue weighted by atomic mass is 10.1. The number of hydrogen-bond acceptors (Lipinski definition) is 12. The molecular formula is C90H58N8O3P2S. The Kier molecular flexibility index (Phi) is 15.3. The van der Waals surface area contributed by atoms with Crippen molar-refractivity contribution in [3.8, 4) is 68.3 Å². The molecule has 18 aromatic rings. The molecule has 14 heteroatoms. The van der Waals surface area contributed by atoms with E-state index in [1.807, 2.05) is 261 Å². The Balaban J connectivity index is 0.000000143. The Hall–Kier alpha value is -12.8. The zero-order valence-corrected chi connectivity index (χ0v) is 58.2. The second kappa shape index (κ2) is 25.7. The number of rotatable bonds is 10. The van der Waals surface area contributed by atoms with E-state index >= 15 is 9.13 Å². The SMILES string of the molecule is O=P1(c2ccccc2)c2cc(-c3nc(-c4ccccc4)nc(-c4ccccc4)n3)ccc2N(c2ccccc2)c2cc3c(cc21)oc1ccccc13.O=P1(c2ccccc2)c2ccccc2N(c2ccccc2)c2cc3c(cc21)sc1cc(-c2nc(-c4ccccc4)nc(-c4ccccc4)n2)ccc13. The molecule has 14 aromatic carbocycles. The monoisotopic (exact) mass is 1390 g/mol. The number of nitrogens with zero attached hydrogens (tertiary/aromatic N) is 8. The molecular weight excluding hydrogens is 1340 g/mol. The van der Waals surface area contributed by atoms with E-state index in [2.05, 4.69) is 101 Å². The van der Waals surface area contributed by atoms with Crippen molar-refractivity contribution in [1.29, 1.82) is 0 Å². The van der Waals surface area contributed by atoms with Crippen LogP contribution in [0.4, 0.5) is 34.1 Å². The second-order valence-electron chi connectivity index (χ2n) is 25.6. The van der Waals surface area contributed by atoms with Crippen LogP contribution in [0.5, 0.6) is 0 Å². The second-order valence-corrected chi connectivity index (χ2v) is 32.1. The van der Waals surface area contributed by atoms with Gasteiger partial charge in [-0.2, -0.15) is 0 Å². The van der Waals surface area contributed by atoms with Gasteiger partial charge in [0.1, 0.15) is 11.2 Å². The van der Waals surface area contributed by atoms with Gasteiger partial charge in [-0.15, -0.1) is 11.3 Å². The van der Waals surface area contributed by atoms with E-state index in [4.69, 9.17) is 34.3 Å². The molecule has 2 atom stereocenters. The Morgan fingerprint density at radius 2 is 0.615 bits per heavy atom. The van der Waals surface area contributed by atoms with E-state index in [0.29, 0.717) is 51.1 Å². The quantitative estimate of drug-likeness (QED) is 0.121. The summed E-state index contributed by atoms with van der Waals surface area (Å²) in [5.74, 6) is 3.51. The average Bonchev–Trinajstić information content (AvgIpc) is 1.13. The largest absolute Gasteiger partial charge is 0.456 e. The highest BCUT2D eigenvalue weighted by molar-refractivity contribution is 7.86. The summed E-state index contributed by atoms with van der Waals surface area (Å²) in [5, 5.41) is 8.92. The molecule has 0 saturated heterocycles. The third kappa shape index (κ3) is 10.6. The summed E-state index contributed by atoms with van der Waals surface area (Å²) >= 11 is 1.71. The highest BCUT2D eigenvalue weighted by Gasteiger charge is 2.44. The van der Waals surface area contributed by atoms with Crippen LogP contribution in [0, 0.1) is 0 Å².